The van der Waals surface area contributed by atoms with Gasteiger partial charge in [-0.3, -0.25) is 9.59 Å². The third kappa shape index (κ3) is 2.86. The molecule has 0 saturated carbocycles. The van der Waals surface area contributed by atoms with E-state index in [9.17, 15) is 9.59 Å². The molecule has 0 fully saturated rings. The summed E-state index contributed by atoms with van der Waals surface area (Å²) >= 11 is 3.13. The van der Waals surface area contributed by atoms with E-state index in [-0.39, 0.29) is 12.2 Å². The van der Waals surface area contributed by atoms with Crippen LogP contribution in [0.1, 0.15) is 16.1 Å². The van der Waals surface area contributed by atoms with E-state index in [0.717, 1.165) is 11.1 Å². The fourth-order valence-electron chi connectivity index (χ4n) is 2.89. The molecule has 3 nitrogen and oxygen atoms in total. The maximum Gasteiger partial charge on any atom is 0.313 e. The van der Waals surface area contributed by atoms with E-state index in [1.54, 1.807) is 11.3 Å². The summed E-state index contributed by atoms with van der Waals surface area (Å²) in [6.45, 7) is 0. The fourth-order valence-corrected chi connectivity index (χ4v) is 4.97. The standard InChI is InChI=1S/C20H14O3S2/c1-23-19(22)10-16(21)18-9-12(11-24-18)13-6-4-7-15-14-5-2-3-8-17(14)25-20(13)15/h2-9,11H,10H2,1H3. The van der Waals surface area contributed by atoms with E-state index in [4.69, 9.17) is 0 Å². The highest BCUT2D eigenvalue weighted by Crippen LogP contribution is 2.40. The van der Waals surface area contributed by atoms with Gasteiger partial charge in [-0.05, 0) is 23.1 Å². The first-order chi connectivity index (χ1) is 12.2. The molecule has 124 valence electrons. The maximum atomic E-state index is 12.2. The lowest BCUT2D eigenvalue weighted by Gasteiger charge is -2.00. The Labute approximate surface area is 152 Å². The number of thiophene rings is 2. The number of hydrogen-bond acceptors (Lipinski definition) is 5. The number of methoxy groups -OCH3 is 1. The molecule has 0 spiro atoms. The van der Waals surface area contributed by atoms with Crippen molar-refractivity contribution in [3.8, 4) is 11.1 Å². The number of carbonyl (C=O) groups excluding carboxylic acids is 2. The topological polar surface area (TPSA) is 43.4 Å². The average Bonchev–Trinajstić information content (AvgIpc) is 3.26. The average molecular weight is 366 g/mol. The Kier molecular flexibility index (Phi) is 4.11. The molecule has 2 aromatic carbocycles. The highest BCUT2D eigenvalue weighted by atomic mass is 32.1. The molecule has 5 heteroatoms. The Morgan fingerprint density at radius 3 is 2.68 bits per heavy atom. The van der Waals surface area contributed by atoms with Crippen molar-refractivity contribution in [2.24, 2.45) is 0 Å². The molecule has 2 heterocycles. The van der Waals surface area contributed by atoms with Crippen LogP contribution in [0.5, 0.6) is 0 Å². The van der Waals surface area contributed by atoms with Crippen LogP contribution in [0.3, 0.4) is 0 Å². The van der Waals surface area contributed by atoms with Crippen molar-refractivity contribution >= 4 is 54.6 Å². The Balaban J connectivity index is 1.78. The van der Waals surface area contributed by atoms with E-state index >= 15 is 0 Å². The minimum Gasteiger partial charge on any atom is -0.469 e. The third-order valence-electron chi connectivity index (χ3n) is 4.12. The lowest BCUT2D eigenvalue weighted by Crippen LogP contribution is -2.08. The van der Waals surface area contributed by atoms with Gasteiger partial charge >= 0.3 is 5.97 Å². The molecule has 0 aliphatic rings. The van der Waals surface area contributed by atoms with Crippen LogP contribution < -0.4 is 0 Å². The predicted octanol–water partition coefficient (Wildman–Crippen LogP) is 5.53. The molecule has 0 saturated heterocycles. The molecule has 0 aliphatic heterocycles. The minimum atomic E-state index is -0.508. The normalized spacial score (nSPS) is 11.1. The first-order valence-corrected chi connectivity index (χ1v) is 9.46. The molecule has 0 unspecified atom stereocenters. The summed E-state index contributed by atoms with van der Waals surface area (Å²) < 4.78 is 7.04. The number of rotatable bonds is 4. The van der Waals surface area contributed by atoms with Gasteiger partial charge in [0.15, 0.2) is 5.78 Å². The number of carbonyl (C=O) groups is 2. The Hall–Kier alpha value is -2.50. The molecule has 0 N–H and O–H groups in total. The van der Waals surface area contributed by atoms with Gasteiger partial charge in [-0.2, -0.15) is 0 Å². The summed E-state index contributed by atoms with van der Waals surface area (Å²) in [5, 5.41) is 4.46. The van der Waals surface area contributed by atoms with Crippen molar-refractivity contribution < 1.29 is 14.3 Å². The SMILES string of the molecule is COC(=O)CC(=O)c1cc(-c2cccc3c2sc2ccccc23)cs1. The van der Waals surface area contributed by atoms with Crippen molar-refractivity contribution in [1.29, 1.82) is 0 Å². The number of benzene rings is 2. The van der Waals surface area contributed by atoms with E-state index in [1.165, 1.54) is 38.6 Å². The Bertz CT molecular complexity index is 1100. The van der Waals surface area contributed by atoms with Crippen molar-refractivity contribution in [3.63, 3.8) is 0 Å². The van der Waals surface area contributed by atoms with Crippen LogP contribution in [-0.2, 0) is 9.53 Å². The van der Waals surface area contributed by atoms with Crippen molar-refractivity contribution in [2.45, 2.75) is 6.42 Å². The summed E-state index contributed by atoms with van der Waals surface area (Å²) in [7, 11) is 1.29. The molecule has 0 aliphatic carbocycles. The van der Waals surface area contributed by atoms with Gasteiger partial charge in [0.25, 0.3) is 0 Å². The maximum absolute atomic E-state index is 12.2. The van der Waals surface area contributed by atoms with E-state index in [1.807, 2.05) is 23.6 Å². The van der Waals surface area contributed by atoms with Crippen LogP contribution in [0.2, 0.25) is 0 Å². The number of ether oxygens (including phenoxy) is 1. The molecule has 25 heavy (non-hydrogen) atoms. The third-order valence-corrected chi connectivity index (χ3v) is 6.31. The molecule has 4 aromatic rings. The number of Topliss-reactive ketones (excluding diaryl/α,β-unsaturated/α-hetero) is 1. The number of fused-ring (bicyclic) bond motifs is 3. The van der Waals surface area contributed by atoms with Crippen molar-refractivity contribution in [2.75, 3.05) is 7.11 Å². The second-order valence-electron chi connectivity index (χ2n) is 5.66. The first-order valence-electron chi connectivity index (χ1n) is 7.76. The molecular weight excluding hydrogens is 352 g/mol. The smallest absolute Gasteiger partial charge is 0.313 e. The van der Waals surface area contributed by atoms with Crippen LogP contribution in [-0.4, -0.2) is 18.9 Å². The van der Waals surface area contributed by atoms with E-state index in [2.05, 4.69) is 35.1 Å². The molecule has 0 amide bonds. The fraction of sp³-hybridized carbons (Fsp3) is 0.100. The molecule has 0 radical (unpaired) electrons. The van der Waals surface area contributed by atoms with Crippen molar-refractivity contribution in [3.05, 3.63) is 58.8 Å². The second kappa shape index (κ2) is 6.43. The zero-order valence-electron chi connectivity index (χ0n) is 13.4. The first kappa shape index (κ1) is 16.0. The van der Waals surface area contributed by atoms with E-state index < -0.39 is 5.97 Å². The summed E-state index contributed by atoms with van der Waals surface area (Å²) in [6.07, 6.45) is -0.219. The van der Waals surface area contributed by atoms with Crippen LogP contribution in [0, 0.1) is 0 Å². The van der Waals surface area contributed by atoms with Crippen LogP contribution in [0.15, 0.2) is 53.9 Å². The predicted molar refractivity (Wildman–Crippen MR) is 104 cm³/mol. The highest BCUT2D eigenvalue weighted by Gasteiger charge is 2.16. The van der Waals surface area contributed by atoms with Gasteiger partial charge in [0.1, 0.15) is 6.42 Å². The summed E-state index contributed by atoms with van der Waals surface area (Å²) in [6, 6.07) is 16.5. The van der Waals surface area contributed by atoms with E-state index in [0.29, 0.717) is 4.88 Å². The second-order valence-corrected chi connectivity index (χ2v) is 7.62. The van der Waals surface area contributed by atoms with Gasteiger partial charge in [0, 0.05) is 25.7 Å². The molecule has 4 rings (SSSR count). The van der Waals surface area contributed by atoms with Crippen LogP contribution >= 0.6 is 22.7 Å². The number of ketones is 1. The van der Waals surface area contributed by atoms with Crippen LogP contribution in [0.25, 0.3) is 31.3 Å². The Morgan fingerprint density at radius 1 is 1.04 bits per heavy atom. The van der Waals surface area contributed by atoms with Gasteiger partial charge < -0.3 is 4.74 Å². The lowest BCUT2D eigenvalue weighted by molar-refractivity contribution is -0.139. The molecule has 0 atom stereocenters. The number of esters is 1. The van der Waals surface area contributed by atoms with Gasteiger partial charge in [0.05, 0.1) is 12.0 Å². The summed E-state index contributed by atoms with van der Waals surface area (Å²) in [5.74, 6) is -0.710. The van der Waals surface area contributed by atoms with Crippen molar-refractivity contribution in [1.82, 2.24) is 0 Å². The quantitative estimate of drug-likeness (QED) is 0.271. The summed E-state index contributed by atoms with van der Waals surface area (Å²) in [4.78, 5) is 24.1. The van der Waals surface area contributed by atoms with Gasteiger partial charge in [0.2, 0.25) is 0 Å². The lowest BCUT2D eigenvalue weighted by atomic mass is 10.0. The largest absolute Gasteiger partial charge is 0.469 e. The highest BCUT2D eigenvalue weighted by molar-refractivity contribution is 7.26. The zero-order chi connectivity index (χ0) is 17.4. The van der Waals surface area contributed by atoms with Gasteiger partial charge in [-0.25, -0.2) is 0 Å². The molecular formula is C20H14O3S2. The Morgan fingerprint density at radius 2 is 1.84 bits per heavy atom. The minimum absolute atomic E-state index is 0.202. The monoisotopic (exact) mass is 366 g/mol. The molecule has 0 bridgehead atoms. The van der Waals surface area contributed by atoms with Gasteiger partial charge in [-0.15, -0.1) is 22.7 Å². The van der Waals surface area contributed by atoms with Gasteiger partial charge in [-0.1, -0.05) is 36.4 Å². The zero-order valence-corrected chi connectivity index (χ0v) is 15.1. The summed E-state index contributed by atoms with van der Waals surface area (Å²) in [5.41, 5.74) is 2.13. The number of hydrogen-bond donors (Lipinski definition) is 0. The molecule has 2 aromatic heterocycles. The van der Waals surface area contributed by atoms with Crippen LogP contribution in [0.4, 0.5) is 0 Å².